The molecule has 1 spiro atoms. The number of methoxy groups -OCH3 is 1. The summed E-state index contributed by atoms with van der Waals surface area (Å²) in [4.78, 5) is 12.1. The Hall–Kier alpha value is -0.810. The fourth-order valence-corrected chi connectivity index (χ4v) is 3.70. The van der Waals surface area contributed by atoms with Crippen molar-refractivity contribution in [3.05, 3.63) is 33.8 Å². The Morgan fingerprint density at radius 3 is 2.59 bits per heavy atom. The van der Waals surface area contributed by atoms with Crippen LogP contribution in [0.2, 0.25) is 10.0 Å². The Morgan fingerprint density at radius 1 is 1.23 bits per heavy atom. The number of carbonyl (C=O) groups is 1. The van der Waals surface area contributed by atoms with Crippen molar-refractivity contribution in [1.82, 2.24) is 0 Å². The van der Waals surface area contributed by atoms with Gasteiger partial charge in [0, 0.05) is 28.5 Å². The zero-order chi connectivity index (χ0) is 15.7. The average molecular weight is 345 g/mol. The number of halogens is 2. The van der Waals surface area contributed by atoms with Gasteiger partial charge in [0.05, 0.1) is 7.11 Å². The molecule has 1 aromatic rings. The fourth-order valence-electron chi connectivity index (χ4n) is 3.19. The summed E-state index contributed by atoms with van der Waals surface area (Å²) in [7, 11) is 1.35. The monoisotopic (exact) mass is 344 g/mol. The Bertz CT molecular complexity index is 569. The third kappa shape index (κ3) is 2.98. The molecular weight excluding hydrogens is 327 g/mol. The highest BCUT2D eigenvalue weighted by Crippen LogP contribution is 2.47. The largest absolute Gasteiger partial charge is 0.467 e. The van der Waals surface area contributed by atoms with E-state index in [1.54, 1.807) is 18.2 Å². The smallest absolute Gasteiger partial charge is 0.338 e. The molecule has 0 amide bonds. The van der Waals surface area contributed by atoms with Crippen LogP contribution in [-0.2, 0) is 19.0 Å². The van der Waals surface area contributed by atoms with Crippen LogP contribution in [0.5, 0.6) is 0 Å². The molecule has 0 bridgehead atoms. The van der Waals surface area contributed by atoms with Gasteiger partial charge in [-0.25, -0.2) is 4.79 Å². The van der Waals surface area contributed by atoms with Crippen LogP contribution in [0, 0.1) is 0 Å². The Morgan fingerprint density at radius 2 is 1.95 bits per heavy atom. The molecule has 1 aliphatic carbocycles. The first-order valence-electron chi connectivity index (χ1n) is 7.43. The van der Waals surface area contributed by atoms with Gasteiger partial charge >= 0.3 is 5.97 Å². The maximum absolute atomic E-state index is 12.1. The Balaban J connectivity index is 1.94. The number of rotatable bonds is 2. The number of hydrogen-bond acceptors (Lipinski definition) is 4. The van der Waals surface area contributed by atoms with Crippen molar-refractivity contribution in [2.75, 3.05) is 7.11 Å². The topological polar surface area (TPSA) is 44.8 Å². The predicted octanol–water partition coefficient (Wildman–Crippen LogP) is 4.28. The van der Waals surface area contributed by atoms with Gasteiger partial charge in [0.1, 0.15) is 6.10 Å². The summed E-state index contributed by atoms with van der Waals surface area (Å²) < 4.78 is 17.1. The van der Waals surface area contributed by atoms with Gasteiger partial charge in [-0.3, -0.25) is 0 Å². The van der Waals surface area contributed by atoms with Crippen molar-refractivity contribution in [3.63, 3.8) is 0 Å². The lowest BCUT2D eigenvalue weighted by Crippen LogP contribution is -2.35. The Kier molecular flexibility index (Phi) is 4.64. The summed E-state index contributed by atoms with van der Waals surface area (Å²) in [5, 5.41) is 0.998. The fraction of sp³-hybridized carbons (Fsp3) is 0.562. The average Bonchev–Trinajstić information content (AvgIpc) is 2.86. The van der Waals surface area contributed by atoms with E-state index in [1.165, 1.54) is 7.11 Å². The van der Waals surface area contributed by atoms with E-state index in [0.717, 1.165) is 32.1 Å². The molecule has 1 saturated heterocycles. The van der Waals surface area contributed by atoms with Crippen molar-refractivity contribution >= 4 is 29.2 Å². The number of hydrogen-bond donors (Lipinski definition) is 0. The first-order chi connectivity index (χ1) is 10.5. The van der Waals surface area contributed by atoms with E-state index in [9.17, 15) is 4.79 Å². The first kappa shape index (κ1) is 16.1. The summed E-state index contributed by atoms with van der Waals surface area (Å²) in [5.74, 6) is -1.15. The van der Waals surface area contributed by atoms with Crippen LogP contribution in [0.15, 0.2) is 18.2 Å². The zero-order valence-corrected chi connectivity index (χ0v) is 13.8. The van der Waals surface area contributed by atoms with Gasteiger partial charge in [0.25, 0.3) is 0 Å². The van der Waals surface area contributed by atoms with E-state index in [4.69, 9.17) is 37.4 Å². The predicted molar refractivity (Wildman–Crippen MR) is 83.0 cm³/mol. The van der Waals surface area contributed by atoms with E-state index in [1.807, 2.05) is 0 Å². The van der Waals surface area contributed by atoms with Gasteiger partial charge in [-0.2, -0.15) is 0 Å². The highest BCUT2D eigenvalue weighted by Gasteiger charge is 2.52. The molecule has 2 aliphatic rings. The SMILES string of the molecule is COC(=O)[C@H]1OC2(CCCCC2)OC1c1ccc(Cl)cc1Cl. The van der Waals surface area contributed by atoms with Crippen LogP contribution in [-0.4, -0.2) is 25.0 Å². The van der Waals surface area contributed by atoms with Crippen LogP contribution in [0.4, 0.5) is 0 Å². The standard InChI is InChI=1S/C16H18Cl2O4/c1-20-15(19)14-13(11-6-5-10(17)9-12(11)18)21-16(22-14)7-3-2-4-8-16/h5-6,9,13-14H,2-4,7-8H2,1H3/t13?,14-/m0/s1. The molecule has 0 N–H and O–H groups in total. The normalized spacial score (nSPS) is 27.0. The minimum Gasteiger partial charge on any atom is -0.467 e. The minimum absolute atomic E-state index is 0.446. The van der Waals surface area contributed by atoms with Crippen LogP contribution >= 0.6 is 23.2 Å². The summed E-state index contributed by atoms with van der Waals surface area (Å²) in [6.45, 7) is 0. The van der Waals surface area contributed by atoms with E-state index in [2.05, 4.69) is 0 Å². The quantitative estimate of drug-likeness (QED) is 0.751. The molecule has 22 heavy (non-hydrogen) atoms. The van der Waals surface area contributed by atoms with Crippen LogP contribution in [0.25, 0.3) is 0 Å². The molecule has 6 heteroatoms. The summed E-state index contributed by atoms with van der Waals surface area (Å²) in [5.41, 5.74) is 0.698. The van der Waals surface area contributed by atoms with Crippen molar-refractivity contribution in [2.45, 2.75) is 50.1 Å². The molecule has 4 nitrogen and oxygen atoms in total. The maximum atomic E-state index is 12.1. The molecule has 2 atom stereocenters. The lowest BCUT2D eigenvalue weighted by atomic mass is 9.94. The summed E-state index contributed by atoms with van der Waals surface area (Å²) >= 11 is 12.2. The van der Waals surface area contributed by atoms with E-state index in [-0.39, 0.29) is 0 Å². The van der Waals surface area contributed by atoms with Gasteiger partial charge < -0.3 is 14.2 Å². The molecule has 1 saturated carbocycles. The second kappa shape index (κ2) is 6.36. The molecule has 1 aromatic carbocycles. The van der Waals surface area contributed by atoms with Crippen molar-refractivity contribution < 1.29 is 19.0 Å². The minimum atomic E-state index is -0.804. The van der Waals surface area contributed by atoms with Crippen molar-refractivity contribution in [1.29, 1.82) is 0 Å². The molecule has 0 aromatic heterocycles. The second-order valence-corrected chi connectivity index (χ2v) is 6.58. The highest BCUT2D eigenvalue weighted by molar-refractivity contribution is 6.35. The zero-order valence-electron chi connectivity index (χ0n) is 12.3. The summed E-state index contributed by atoms with van der Waals surface area (Å²) in [6, 6.07) is 5.14. The van der Waals surface area contributed by atoms with Gasteiger partial charge in [-0.15, -0.1) is 0 Å². The third-order valence-electron chi connectivity index (χ3n) is 4.28. The maximum Gasteiger partial charge on any atom is 0.338 e. The molecule has 1 aliphatic heterocycles. The lowest BCUT2D eigenvalue weighted by molar-refractivity contribution is -0.199. The third-order valence-corrected chi connectivity index (χ3v) is 4.84. The van der Waals surface area contributed by atoms with Crippen LogP contribution < -0.4 is 0 Å². The molecule has 1 heterocycles. The van der Waals surface area contributed by atoms with Gasteiger partial charge in [0.2, 0.25) is 0 Å². The highest BCUT2D eigenvalue weighted by atomic mass is 35.5. The molecule has 120 valence electrons. The molecule has 1 unspecified atom stereocenters. The molecule has 3 rings (SSSR count). The number of benzene rings is 1. The van der Waals surface area contributed by atoms with Gasteiger partial charge in [-0.1, -0.05) is 35.7 Å². The summed E-state index contributed by atoms with van der Waals surface area (Å²) in [6.07, 6.45) is 3.38. The molecule has 0 radical (unpaired) electrons. The van der Waals surface area contributed by atoms with E-state index >= 15 is 0 Å². The number of ether oxygens (including phenoxy) is 3. The Labute approximate surface area is 139 Å². The van der Waals surface area contributed by atoms with E-state index < -0.39 is 24.0 Å². The van der Waals surface area contributed by atoms with Crippen LogP contribution in [0.1, 0.15) is 43.8 Å². The number of carbonyl (C=O) groups excluding carboxylic acids is 1. The van der Waals surface area contributed by atoms with Gasteiger partial charge in [0.15, 0.2) is 11.9 Å². The van der Waals surface area contributed by atoms with Gasteiger partial charge in [-0.05, 0) is 25.0 Å². The number of esters is 1. The molecule has 2 fully saturated rings. The lowest BCUT2D eigenvalue weighted by Gasteiger charge is -2.31. The van der Waals surface area contributed by atoms with Crippen LogP contribution in [0.3, 0.4) is 0 Å². The second-order valence-electron chi connectivity index (χ2n) is 5.74. The van der Waals surface area contributed by atoms with Crippen molar-refractivity contribution in [3.8, 4) is 0 Å². The first-order valence-corrected chi connectivity index (χ1v) is 8.19. The van der Waals surface area contributed by atoms with E-state index in [0.29, 0.717) is 15.6 Å². The molecular formula is C16H18Cl2O4. The van der Waals surface area contributed by atoms with Crippen molar-refractivity contribution in [2.24, 2.45) is 0 Å².